The number of ether oxygens (including phenoxy) is 1. The van der Waals surface area contributed by atoms with Crippen molar-refractivity contribution in [2.45, 2.75) is 32.4 Å². The first kappa shape index (κ1) is 16.3. The third-order valence-electron chi connectivity index (χ3n) is 2.91. The highest BCUT2D eigenvalue weighted by Gasteiger charge is 2.42. The summed E-state index contributed by atoms with van der Waals surface area (Å²) in [4.78, 5) is 0. The molecular formula is C14H19F3N2O. The van der Waals surface area contributed by atoms with Crippen LogP contribution in [-0.4, -0.2) is 18.6 Å². The first-order chi connectivity index (χ1) is 9.01. The number of halogens is 3. The minimum absolute atomic E-state index is 0.0353. The van der Waals surface area contributed by atoms with E-state index in [1.807, 2.05) is 32.9 Å². The summed E-state index contributed by atoms with van der Waals surface area (Å²) >= 11 is 0. The fourth-order valence-corrected chi connectivity index (χ4v) is 1.59. The average molecular weight is 288 g/mol. The number of amidine groups is 1. The van der Waals surface area contributed by atoms with E-state index in [1.54, 1.807) is 12.1 Å². The van der Waals surface area contributed by atoms with E-state index < -0.39 is 24.5 Å². The van der Waals surface area contributed by atoms with Gasteiger partial charge in [0.05, 0.1) is 0 Å². The van der Waals surface area contributed by atoms with Crippen molar-refractivity contribution in [2.24, 2.45) is 11.7 Å². The summed E-state index contributed by atoms with van der Waals surface area (Å²) in [6.45, 7) is 5.43. The summed E-state index contributed by atoms with van der Waals surface area (Å²) in [6.07, 6.45) is -4.57. The van der Waals surface area contributed by atoms with Crippen LogP contribution >= 0.6 is 0 Å². The Bertz CT molecular complexity index is 461. The van der Waals surface area contributed by atoms with Crippen LogP contribution < -0.4 is 10.5 Å². The number of nitrogens with two attached hydrogens (primary N) is 1. The second-order valence-corrected chi connectivity index (χ2v) is 5.63. The zero-order valence-electron chi connectivity index (χ0n) is 11.7. The molecule has 1 aromatic carbocycles. The standard InChI is InChI=1S/C14H19F3N2O/c1-13(2,3)9-4-6-10(7-5-9)20-8-11(12(18)19)14(15,16)17/h4-7,11H,8H2,1-3H3,(H3,18,19). The summed E-state index contributed by atoms with van der Waals surface area (Å²) < 4.78 is 42.9. The van der Waals surface area contributed by atoms with E-state index in [1.165, 1.54) is 0 Å². The maximum atomic E-state index is 12.6. The molecule has 1 atom stereocenters. The Balaban J connectivity index is 2.73. The second kappa shape index (κ2) is 5.73. The third-order valence-corrected chi connectivity index (χ3v) is 2.91. The molecule has 0 aliphatic heterocycles. The topological polar surface area (TPSA) is 59.1 Å². The molecule has 0 fully saturated rings. The van der Waals surface area contributed by atoms with Crippen molar-refractivity contribution in [3.63, 3.8) is 0 Å². The lowest BCUT2D eigenvalue weighted by Gasteiger charge is -2.21. The van der Waals surface area contributed by atoms with Crippen LogP contribution in [-0.2, 0) is 5.41 Å². The Morgan fingerprint density at radius 2 is 1.70 bits per heavy atom. The predicted molar refractivity (Wildman–Crippen MR) is 72.1 cm³/mol. The average Bonchev–Trinajstić information content (AvgIpc) is 2.26. The molecule has 0 saturated carbocycles. The van der Waals surface area contributed by atoms with E-state index in [4.69, 9.17) is 15.9 Å². The minimum atomic E-state index is -4.57. The highest BCUT2D eigenvalue weighted by Crippen LogP contribution is 2.28. The molecular weight excluding hydrogens is 269 g/mol. The molecule has 0 aliphatic rings. The SMILES string of the molecule is CC(C)(C)c1ccc(OCC(C(=N)N)C(F)(F)F)cc1. The molecule has 3 nitrogen and oxygen atoms in total. The first-order valence-corrected chi connectivity index (χ1v) is 6.16. The highest BCUT2D eigenvalue weighted by atomic mass is 19.4. The van der Waals surface area contributed by atoms with Gasteiger partial charge in [0.2, 0.25) is 0 Å². The number of nitrogens with one attached hydrogen (secondary N) is 1. The van der Waals surface area contributed by atoms with Crippen molar-refractivity contribution in [2.75, 3.05) is 6.61 Å². The zero-order valence-corrected chi connectivity index (χ0v) is 11.7. The van der Waals surface area contributed by atoms with Gasteiger partial charge >= 0.3 is 6.18 Å². The maximum absolute atomic E-state index is 12.6. The van der Waals surface area contributed by atoms with E-state index in [0.717, 1.165) is 5.56 Å². The minimum Gasteiger partial charge on any atom is -0.492 e. The lowest BCUT2D eigenvalue weighted by Crippen LogP contribution is -2.39. The van der Waals surface area contributed by atoms with E-state index >= 15 is 0 Å². The van der Waals surface area contributed by atoms with Crippen LogP contribution in [0.3, 0.4) is 0 Å². The van der Waals surface area contributed by atoms with Crippen molar-refractivity contribution >= 4 is 5.84 Å². The van der Waals surface area contributed by atoms with Crippen molar-refractivity contribution in [3.05, 3.63) is 29.8 Å². The normalized spacial score (nSPS) is 13.9. The molecule has 0 saturated heterocycles. The molecule has 0 aromatic heterocycles. The molecule has 0 amide bonds. The molecule has 0 spiro atoms. The third kappa shape index (κ3) is 4.43. The summed E-state index contributed by atoms with van der Waals surface area (Å²) in [6, 6.07) is 6.86. The van der Waals surface area contributed by atoms with Gasteiger partial charge in [-0.2, -0.15) is 13.2 Å². The monoisotopic (exact) mass is 288 g/mol. The van der Waals surface area contributed by atoms with Gasteiger partial charge in [0.1, 0.15) is 24.1 Å². The number of benzene rings is 1. The number of hydrogen-bond acceptors (Lipinski definition) is 2. The predicted octanol–water partition coefficient (Wildman–Crippen LogP) is 3.48. The Kier molecular flexibility index (Phi) is 4.68. The van der Waals surface area contributed by atoms with Crippen LogP contribution in [0.15, 0.2) is 24.3 Å². The van der Waals surface area contributed by atoms with Gasteiger partial charge in [0.15, 0.2) is 0 Å². The van der Waals surface area contributed by atoms with Crippen molar-refractivity contribution in [3.8, 4) is 5.75 Å². The quantitative estimate of drug-likeness (QED) is 0.658. The fourth-order valence-electron chi connectivity index (χ4n) is 1.59. The number of hydrogen-bond donors (Lipinski definition) is 2. The van der Waals surface area contributed by atoms with E-state index in [9.17, 15) is 13.2 Å². The first-order valence-electron chi connectivity index (χ1n) is 6.16. The molecule has 3 N–H and O–H groups in total. The molecule has 1 unspecified atom stereocenters. The molecule has 1 aromatic rings. The largest absolute Gasteiger partial charge is 0.492 e. The van der Waals surface area contributed by atoms with Crippen LogP contribution in [0.2, 0.25) is 0 Å². The molecule has 0 radical (unpaired) electrons. The number of rotatable bonds is 4. The van der Waals surface area contributed by atoms with Gasteiger partial charge in [-0.25, -0.2) is 0 Å². The molecule has 6 heteroatoms. The Labute approximate surface area is 116 Å². The van der Waals surface area contributed by atoms with Gasteiger partial charge < -0.3 is 10.5 Å². The van der Waals surface area contributed by atoms with E-state index in [2.05, 4.69) is 0 Å². The van der Waals surface area contributed by atoms with Gasteiger partial charge in [-0.05, 0) is 23.1 Å². The molecule has 0 bridgehead atoms. The maximum Gasteiger partial charge on any atom is 0.401 e. The van der Waals surface area contributed by atoms with Gasteiger partial charge in [0.25, 0.3) is 0 Å². The number of alkyl halides is 3. The lowest BCUT2D eigenvalue weighted by molar-refractivity contribution is -0.162. The Hall–Kier alpha value is -1.72. The van der Waals surface area contributed by atoms with Crippen molar-refractivity contribution in [1.29, 1.82) is 5.41 Å². The van der Waals surface area contributed by atoms with Crippen molar-refractivity contribution in [1.82, 2.24) is 0 Å². The summed E-state index contributed by atoms with van der Waals surface area (Å²) in [7, 11) is 0. The summed E-state index contributed by atoms with van der Waals surface area (Å²) in [5.74, 6) is -2.69. The zero-order chi connectivity index (χ0) is 15.6. The van der Waals surface area contributed by atoms with Gasteiger partial charge in [-0.3, -0.25) is 5.41 Å². The van der Waals surface area contributed by atoms with Gasteiger partial charge in [0, 0.05) is 0 Å². The molecule has 20 heavy (non-hydrogen) atoms. The van der Waals surface area contributed by atoms with Crippen LogP contribution in [0.25, 0.3) is 0 Å². The summed E-state index contributed by atoms with van der Waals surface area (Å²) in [5.41, 5.74) is 5.98. The van der Waals surface area contributed by atoms with E-state index in [0.29, 0.717) is 5.75 Å². The fraction of sp³-hybridized carbons (Fsp3) is 0.500. The van der Waals surface area contributed by atoms with Gasteiger partial charge in [-0.15, -0.1) is 0 Å². The van der Waals surface area contributed by atoms with Crippen LogP contribution in [0.1, 0.15) is 26.3 Å². The Morgan fingerprint density at radius 1 is 1.20 bits per heavy atom. The van der Waals surface area contributed by atoms with Crippen molar-refractivity contribution < 1.29 is 17.9 Å². The molecule has 1 rings (SSSR count). The smallest absolute Gasteiger partial charge is 0.401 e. The van der Waals surface area contributed by atoms with Crippen LogP contribution in [0.4, 0.5) is 13.2 Å². The van der Waals surface area contributed by atoms with Crippen LogP contribution in [0.5, 0.6) is 5.75 Å². The highest BCUT2D eigenvalue weighted by molar-refractivity contribution is 5.80. The summed E-state index contributed by atoms with van der Waals surface area (Å²) in [5, 5.41) is 6.97. The second-order valence-electron chi connectivity index (χ2n) is 5.63. The van der Waals surface area contributed by atoms with E-state index in [-0.39, 0.29) is 5.41 Å². The lowest BCUT2D eigenvalue weighted by atomic mass is 9.87. The van der Waals surface area contributed by atoms with Crippen LogP contribution in [0, 0.1) is 11.3 Å². The Morgan fingerprint density at radius 3 is 2.05 bits per heavy atom. The molecule has 0 aliphatic carbocycles. The molecule has 0 heterocycles. The van der Waals surface area contributed by atoms with Gasteiger partial charge in [-0.1, -0.05) is 32.9 Å². The molecule has 112 valence electrons.